The van der Waals surface area contributed by atoms with E-state index in [2.05, 4.69) is 13.2 Å². The van der Waals surface area contributed by atoms with E-state index in [0.717, 1.165) is 18.2 Å². The smallest absolute Gasteiger partial charge is 0.304 e. The molecule has 17 heteroatoms. The lowest BCUT2D eigenvalue weighted by Crippen LogP contribution is -2.41. The number of aliphatic hydroxyl groups is 2. The van der Waals surface area contributed by atoms with E-state index in [1.54, 1.807) is 46.9 Å². The zero-order chi connectivity index (χ0) is 40.3. The standard InChI is InChI=1S/C35H63N4O10PS2/c1-8-31(42)38(15-12-27(3)34(46)36(4)5)22-28(40)24-48-17-10-19-50-26-51-20-11-18-49-25-29(41)23-39(32(43)9-2)16-13-30(35(47)37(6)7)52-21-14-33(44)45/h8-9,27-30,40-41,50H,1-2,10-26H2,3-7H3,(H,44,45)/i50D. The van der Waals surface area contributed by atoms with Crippen LogP contribution < -0.4 is 0 Å². The number of ether oxygens (including phenoxy) is 2. The zero-order valence-electron chi connectivity index (χ0n) is 32.7. The molecule has 5 unspecified atom stereocenters. The van der Waals surface area contributed by atoms with Crippen molar-refractivity contribution in [3.63, 3.8) is 0 Å². The van der Waals surface area contributed by atoms with E-state index in [4.69, 9.17) is 15.9 Å². The van der Waals surface area contributed by atoms with Crippen molar-refractivity contribution in [2.45, 2.75) is 56.5 Å². The maximum atomic E-state index is 12.6. The Balaban J connectivity index is 4.31. The summed E-state index contributed by atoms with van der Waals surface area (Å²) in [5.41, 5.74) is 0.707. The first kappa shape index (κ1) is 47.8. The fraction of sp³-hybridized carbons (Fsp3) is 0.743. The lowest BCUT2D eigenvalue weighted by Gasteiger charge is -2.27. The summed E-state index contributed by atoms with van der Waals surface area (Å²) in [5.74, 6) is -1.05. The van der Waals surface area contributed by atoms with Gasteiger partial charge in [0.05, 0.1) is 38.4 Å². The van der Waals surface area contributed by atoms with Crippen molar-refractivity contribution >= 4 is 61.6 Å². The lowest BCUT2D eigenvalue weighted by atomic mass is 10.1. The Labute approximate surface area is 322 Å². The van der Waals surface area contributed by atoms with Crippen molar-refractivity contribution in [2.75, 3.05) is 104 Å². The Morgan fingerprint density at radius 3 is 1.85 bits per heavy atom. The van der Waals surface area contributed by atoms with Crippen LogP contribution in [0, 0.1) is 5.92 Å². The van der Waals surface area contributed by atoms with Gasteiger partial charge in [-0.1, -0.05) is 20.1 Å². The Hall–Kier alpha value is -2.20. The average molecular weight is 796 g/mol. The topological polar surface area (TPSA) is 177 Å². The first-order valence-electron chi connectivity index (χ1n) is 17.9. The highest BCUT2D eigenvalue weighted by molar-refractivity contribution is 8.03. The fourth-order valence-electron chi connectivity index (χ4n) is 4.67. The van der Waals surface area contributed by atoms with Crippen LogP contribution in [0.2, 0.25) is 0 Å². The number of carboxylic acid groups (broad SMARTS) is 1. The Bertz CT molecular complexity index is 1130. The van der Waals surface area contributed by atoms with Crippen molar-refractivity contribution < 1.29 is 48.8 Å². The Morgan fingerprint density at radius 1 is 0.827 bits per heavy atom. The normalized spacial score (nSPS) is 14.2. The van der Waals surface area contributed by atoms with E-state index in [9.17, 15) is 34.2 Å². The van der Waals surface area contributed by atoms with Gasteiger partial charge in [0.1, 0.15) is 0 Å². The number of aliphatic hydroxyl groups excluding tert-OH is 2. The summed E-state index contributed by atoms with van der Waals surface area (Å²) < 4.78 is 19.6. The molecule has 14 nitrogen and oxygen atoms in total. The van der Waals surface area contributed by atoms with E-state index in [1.807, 2.05) is 0 Å². The van der Waals surface area contributed by atoms with Crippen LogP contribution in [0.1, 0.15) is 39.0 Å². The largest absolute Gasteiger partial charge is 0.481 e. The van der Waals surface area contributed by atoms with E-state index in [1.165, 1.54) is 37.4 Å². The van der Waals surface area contributed by atoms with Gasteiger partial charge in [-0.25, -0.2) is 0 Å². The van der Waals surface area contributed by atoms with Gasteiger partial charge in [0.15, 0.2) is 0 Å². The summed E-state index contributed by atoms with van der Waals surface area (Å²) in [7, 11) is 5.67. The van der Waals surface area contributed by atoms with Gasteiger partial charge in [0.2, 0.25) is 23.6 Å². The molecule has 300 valence electrons. The van der Waals surface area contributed by atoms with E-state index >= 15 is 0 Å². The minimum absolute atomic E-state index is 0.00131. The van der Waals surface area contributed by atoms with Crippen molar-refractivity contribution in [3.05, 3.63) is 25.3 Å². The molecular weight excluding hydrogens is 732 g/mol. The quantitative estimate of drug-likeness (QED) is 0.0515. The third-order valence-electron chi connectivity index (χ3n) is 7.53. The average Bonchev–Trinajstić information content (AvgIpc) is 3.11. The number of carbonyl (C=O) groups is 5. The van der Waals surface area contributed by atoms with Crippen LogP contribution in [0.3, 0.4) is 0 Å². The summed E-state index contributed by atoms with van der Waals surface area (Å²) in [4.78, 5) is 66.1. The van der Waals surface area contributed by atoms with Gasteiger partial charge >= 0.3 is 5.97 Å². The van der Waals surface area contributed by atoms with E-state index in [-0.39, 0.29) is 74.6 Å². The highest BCUT2D eigenvalue weighted by Gasteiger charge is 2.24. The third-order valence-corrected chi connectivity index (χ3v) is 11.5. The molecule has 0 aliphatic carbocycles. The summed E-state index contributed by atoms with van der Waals surface area (Å²) >= 11 is 2.90. The number of rotatable bonds is 32. The summed E-state index contributed by atoms with van der Waals surface area (Å²) in [6.45, 7) is 10.3. The second-order valence-electron chi connectivity index (χ2n) is 12.6. The minimum atomic E-state index is -0.948. The van der Waals surface area contributed by atoms with Crippen LogP contribution in [0.15, 0.2) is 25.3 Å². The Morgan fingerprint density at radius 2 is 1.35 bits per heavy atom. The second kappa shape index (κ2) is 30.2. The predicted molar refractivity (Wildman–Crippen MR) is 211 cm³/mol. The van der Waals surface area contributed by atoms with Gasteiger partial charge in [-0.2, -0.15) is 11.8 Å². The molecule has 0 aromatic carbocycles. The molecule has 4 amide bonds. The van der Waals surface area contributed by atoms with Gasteiger partial charge in [0, 0.05) is 84.7 Å². The molecule has 52 heavy (non-hydrogen) atoms. The van der Waals surface area contributed by atoms with Crippen LogP contribution in [-0.2, 0) is 33.4 Å². The molecule has 5 atom stereocenters. The van der Waals surface area contributed by atoms with E-state index in [0.29, 0.717) is 50.7 Å². The van der Waals surface area contributed by atoms with Gasteiger partial charge in [-0.05, 0) is 49.8 Å². The number of carboxylic acids is 1. The fourth-order valence-corrected chi connectivity index (χ4v) is 8.10. The van der Waals surface area contributed by atoms with Crippen LogP contribution in [0.25, 0.3) is 0 Å². The molecule has 3 N–H and O–H groups in total. The number of hydrogen-bond acceptors (Lipinski definition) is 11. The van der Waals surface area contributed by atoms with Crippen molar-refractivity contribution in [3.8, 4) is 0 Å². The SMILES string of the molecule is [2H]P(CCCOCC(O)CN(CCC(C)C(=O)N(C)C)C(=O)C=C)CSCCCOCC(O)CN(CCC(SCCC(=O)O)C(=O)N(C)C)C(=O)C=C. The first-order chi connectivity index (χ1) is 25.0. The molecule has 0 aliphatic heterocycles. The minimum Gasteiger partial charge on any atom is -0.481 e. The van der Waals surface area contributed by atoms with Crippen LogP contribution in [-0.4, -0.2) is 187 Å². The zero-order valence-corrected chi connectivity index (χ0v) is 34.2. The lowest BCUT2D eigenvalue weighted by molar-refractivity contribution is -0.136. The molecule has 0 fully saturated rings. The summed E-state index contributed by atoms with van der Waals surface area (Å²) in [6.07, 6.45) is 3.31. The number of hydrogen-bond donors (Lipinski definition) is 3. The van der Waals surface area contributed by atoms with Crippen LogP contribution >= 0.6 is 32.0 Å². The van der Waals surface area contributed by atoms with E-state index < -0.39 is 32.0 Å². The molecule has 0 aliphatic rings. The van der Waals surface area contributed by atoms with Gasteiger partial charge in [-0.15, -0.1) is 20.3 Å². The number of nitrogens with zero attached hydrogens (tertiary/aromatic N) is 4. The van der Waals surface area contributed by atoms with Crippen molar-refractivity contribution in [2.24, 2.45) is 5.92 Å². The van der Waals surface area contributed by atoms with Gasteiger partial charge < -0.3 is 44.4 Å². The molecular formula is C35H63N4O10PS2. The van der Waals surface area contributed by atoms with Crippen LogP contribution in [0.4, 0.5) is 0 Å². The van der Waals surface area contributed by atoms with Crippen molar-refractivity contribution in [1.29, 1.82) is 1.28 Å². The Kier molecular flexibility index (Phi) is 27.7. The first-order valence-corrected chi connectivity index (χ1v) is 20.9. The molecule has 0 rings (SSSR count). The number of amides is 4. The second-order valence-corrected chi connectivity index (χ2v) is 16.6. The predicted octanol–water partition coefficient (Wildman–Crippen LogP) is 2.09. The highest BCUT2D eigenvalue weighted by Crippen LogP contribution is 2.21. The van der Waals surface area contributed by atoms with Crippen molar-refractivity contribution in [1.82, 2.24) is 19.6 Å². The molecule has 0 radical (unpaired) electrons. The highest BCUT2D eigenvalue weighted by atomic mass is 32.2. The molecule has 0 aromatic rings. The maximum Gasteiger partial charge on any atom is 0.304 e. The van der Waals surface area contributed by atoms with Gasteiger partial charge in [0.25, 0.3) is 0 Å². The molecule has 0 saturated carbocycles. The molecule has 0 saturated heterocycles. The maximum absolute atomic E-state index is 12.6. The molecule has 0 heterocycles. The van der Waals surface area contributed by atoms with Crippen LogP contribution in [0.5, 0.6) is 0 Å². The molecule has 0 spiro atoms. The summed E-state index contributed by atoms with van der Waals surface area (Å²) in [6, 6.07) is 0. The number of aliphatic carboxylic acids is 1. The molecule has 0 aromatic heterocycles. The monoisotopic (exact) mass is 795 g/mol. The third kappa shape index (κ3) is 24.2. The number of carbonyl (C=O) groups excluding carboxylic acids is 4. The van der Waals surface area contributed by atoms with Gasteiger partial charge in [-0.3, -0.25) is 24.0 Å². The summed E-state index contributed by atoms with van der Waals surface area (Å²) in [5, 5.41) is 29.3. The molecule has 0 bridgehead atoms. The number of thioether (sulfide) groups is 2.